The molecule has 0 aromatic carbocycles. The maximum Gasteiger partial charge on any atom is 0.344 e. The van der Waals surface area contributed by atoms with Crippen LogP contribution in [0, 0.1) is 0 Å². The Hall–Kier alpha value is -1.56. The largest absolute Gasteiger partial charge is 0.490 e. The van der Waals surface area contributed by atoms with E-state index in [9.17, 15) is 9.59 Å². The quantitative estimate of drug-likeness (QED) is 0.463. The van der Waals surface area contributed by atoms with Gasteiger partial charge in [0.2, 0.25) is 0 Å². The minimum atomic E-state index is -0.501. The average Bonchev–Trinajstić information content (AvgIpc) is 2.31. The first-order valence-corrected chi connectivity index (χ1v) is 5.21. The van der Waals surface area contributed by atoms with Crippen molar-refractivity contribution in [3.63, 3.8) is 0 Å². The molecular weight excluding hydrogens is 228 g/mol. The van der Waals surface area contributed by atoms with Crippen molar-refractivity contribution >= 4 is 11.9 Å². The van der Waals surface area contributed by atoms with Crippen LogP contribution in [-0.2, 0) is 23.8 Å². The number of hydrogen-bond acceptors (Lipinski definition) is 5. The standard InChI is InChI=1S/C11H18O5.H2O/c1-4-9(7-15-10(12)5-2)16-11(13)8-14-6-3;/h6,9H,3-5,7-8H2,1-2H3;1H2. The fourth-order valence-corrected chi connectivity index (χ4v) is 0.870. The van der Waals surface area contributed by atoms with Gasteiger partial charge >= 0.3 is 11.9 Å². The van der Waals surface area contributed by atoms with Gasteiger partial charge in [-0.25, -0.2) is 4.79 Å². The first-order valence-electron chi connectivity index (χ1n) is 5.21. The Morgan fingerprint density at radius 2 is 1.94 bits per heavy atom. The molecule has 0 radical (unpaired) electrons. The van der Waals surface area contributed by atoms with Gasteiger partial charge in [0.1, 0.15) is 12.7 Å². The van der Waals surface area contributed by atoms with Gasteiger partial charge in [0.15, 0.2) is 6.61 Å². The van der Waals surface area contributed by atoms with Crippen LogP contribution >= 0.6 is 0 Å². The molecule has 0 aromatic heterocycles. The molecule has 0 aliphatic carbocycles. The van der Waals surface area contributed by atoms with Crippen molar-refractivity contribution in [2.75, 3.05) is 13.2 Å². The molecule has 0 fully saturated rings. The zero-order valence-corrected chi connectivity index (χ0v) is 10.2. The molecule has 0 spiro atoms. The highest BCUT2D eigenvalue weighted by atomic mass is 16.6. The maximum absolute atomic E-state index is 11.1. The summed E-state index contributed by atoms with van der Waals surface area (Å²) in [5.74, 6) is -0.809. The summed E-state index contributed by atoms with van der Waals surface area (Å²) in [6, 6.07) is 0. The monoisotopic (exact) mass is 248 g/mol. The summed E-state index contributed by atoms with van der Waals surface area (Å²) in [5.41, 5.74) is 0. The molecule has 0 saturated heterocycles. The number of rotatable bonds is 8. The molecule has 6 heteroatoms. The molecule has 0 aromatic rings. The second kappa shape index (κ2) is 10.9. The highest BCUT2D eigenvalue weighted by molar-refractivity contribution is 5.71. The van der Waals surface area contributed by atoms with Crippen LogP contribution in [0.1, 0.15) is 26.7 Å². The van der Waals surface area contributed by atoms with Gasteiger partial charge < -0.3 is 19.7 Å². The molecular formula is C11H20O6. The van der Waals surface area contributed by atoms with Gasteiger partial charge in [0.25, 0.3) is 0 Å². The lowest BCUT2D eigenvalue weighted by Crippen LogP contribution is -2.26. The molecule has 1 unspecified atom stereocenters. The smallest absolute Gasteiger partial charge is 0.344 e. The summed E-state index contributed by atoms with van der Waals surface area (Å²) in [6.45, 7) is 6.75. The second-order valence-electron chi connectivity index (χ2n) is 3.03. The first-order chi connectivity index (χ1) is 7.63. The van der Waals surface area contributed by atoms with Gasteiger partial charge in [-0.15, -0.1) is 0 Å². The van der Waals surface area contributed by atoms with E-state index in [4.69, 9.17) is 9.47 Å². The molecule has 0 saturated carbocycles. The Balaban J connectivity index is 0. The summed E-state index contributed by atoms with van der Waals surface area (Å²) in [5, 5.41) is 0. The van der Waals surface area contributed by atoms with E-state index in [0.29, 0.717) is 12.8 Å². The van der Waals surface area contributed by atoms with Crippen LogP contribution in [0.4, 0.5) is 0 Å². The highest BCUT2D eigenvalue weighted by Gasteiger charge is 2.14. The summed E-state index contributed by atoms with van der Waals surface area (Å²) in [4.78, 5) is 22.0. The van der Waals surface area contributed by atoms with E-state index >= 15 is 0 Å². The molecule has 17 heavy (non-hydrogen) atoms. The van der Waals surface area contributed by atoms with Crippen LogP contribution < -0.4 is 0 Å². The molecule has 0 bridgehead atoms. The van der Waals surface area contributed by atoms with E-state index in [1.54, 1.807) is 6.92 Å². The maximum atomic E-state index is 11.1. The van der Waals surface area contributed by atoms with Crippen LogP contribution in [0.5, 0.6) is 0 Å². The predicted molar refractivity (Wildman–Crippen MR) is 61.2 cm³/mol. The first kappa shape index (κ1) is 17.8. The lowest BCUT2D eigenvalue weighted by Gasteiger charge is -2.15. The lowest BCUT2D eigenvalue weighted by atomic mass is 10.3. The molecule has 2 N–H and O–H groups in total. The molecule has 0 amide bonds. The van der Waals surface area contributed by atoms with Gasteiger partial charge in [-0.05, 0) is 6.42 Å². The van der Waals surface area contributed by atoms with E-state index in [0.717, 1.165) is 0 Å². The number of carbonyl (C=O) groups excluding carboxylic acids is 2. The van der Waals surface area contributed by atoms with E-state index in [1.807, 2.05) is 6.92 Å². The van der Waals surface area contributed by atoms with Crippen LogP contribution in [0.2, 0.25) is 0 Å². The fraction of sp³-hybridized carbons (Fsp3) is 0.636. The molecule has 100 valence electrons. The van der Waals surface area contributed by atoms with Gasteiger partial charge in [0.05, 0.1) is 6.26 Å². The minimum absolute atomic E-state index is 0. The summed E-state index contributed by atoms with van der Waals surface area (Å²) < 4.78 is 14.5. The summed E-state index contributed by atoms with van der Waals surface area (Å²) in [6.07, 6.45) is 1.64. The van der Waals surface area contributed by atoms with Crippen LogP contribution in [0.15, 0.2) is 12.8 Å². The van der Waals surface area contributed by atoms with E-state index in [1.165, 1.54) is 6.26 Å². The molecule has 0 aliphatic rings. The Labute approximate surface area is 101 Å². The van der Waals surface area contributed by atoms with Crippen molar-refractivity contribution in [2.45, 2.75) is 32.8 Å². The number of carbonyl (C=O) groups is 2. The Morgan fingerprint density at radius 3 is 2.41 bits per heavy atom. The van der Waals surface area contributed by atoms with Gasteiger partial charge in [-0.2, -0.15) is 0 Å². The van der Waals surface area contributed by atoms with Crippen LogP contribution in [-0.4, -0.2) is 36.7 Å². The van der Waals surface area contributed by atoms with Crippen LogP contribution in [0.3, 0.4) is 0 Å². The molecule has 0 heterocycles. The van der Waals surface area contributed by atoms with E-state index in [-0.39, 0.29) is 24.7 Å². The molecule has 6 nitrogen and oxygen atoms in total. The van der Waals surface area contributed by atoms with Crippen molar-refractivity contribution in [3.8, 4) is 0 Å². The number of ether oxygens (including phenoxy) is 3. The zero-order chi connectivity index (χ0) is 12.4. The SMILES string of the molecule is C=COCC(=O)OC(CC)COC(=O)CC.O. The molecule has 1 atom stereocenters. The topological polar surface area (TPSA) is 93.3 Å². The van der Waals surface area contributed by atoms with Crippen molar-refractivity contribution in [3.05, 3.63) is 12.8 Å². The third kappa shape index (κ3) is 9.37. The van der Waals surface area contributed by atoms with Gasteiger partial charge in [-0.3, -0.25) is 4.79 Å². The predicted octanol–water partition coefficient (Wildman–Crippen LogP) is 0.597. The van der Waals surface area contributed by atoms with Crippen molar-refractivity contribution in [1.82, 2.24) is 0 Å². The number of hydrogen-bond donors (Lipinski definition) is 0. The van der Waals surface area contributed by atoms with Gasteiger partial charge in [-0.1, -0.05) is 20.4 Å². The Bertz CT molecular complexity index is 238. The van der Waals surface area contributed by atoms with Crippen LogP contribution in [0.25, 0.3) is 0 Å². The van der Waals surface area contributed by atoms with E-state index < -0.39 is 12.1 Å². The lowest BCUT2D eigenvalue weighted by molar-refractivity contribution is -0.161. The number of esters is 2. The van der Waals surface area contributed by atoms with E-state index in [2.05, 4.69) is 11.3 Å². The second-order valence-corrected chi connectivity index (χ2v) is 3.03. The van der Waals surface area contributed by atoms with Crippen molar-refractivity contribution in [2.24, 2.45) is 0 Å². The summed E-state index contributed by atoms with van der Waals surface area (Å²) >= 11 is 0. The Kier molecular flexibility index (Phi) is 11.5. The highest BCUT2D eigenvalue weighted by Crippen LogP contribution is 2.01. The average molecular weight is 248 g/mol. The fourth-order valence-electron chi connectivity index (χ4n) is 0.870. The molecule has 0 aliphatic heterocycles. The third-order valence-electron chi connectivity index (χ3n) is 1.79. The molecule has 0 rings (SSSR count). The zero-order valence-electron chi connectivity index (χ0n) is 10.2. The normalized spacial score (nSPS) is 10.7. The van der Waals surface area contributed by atoms with Gasteiger partial charge in [0, 0.05) is 6.42 Å². The Morgan fingerprint density at radius 1 is 1.29 bits per heavy atom. The minimum Gasteiger partial charge on any atom is -0.490 e. The van der Waals surface area contributed by atoms with Crippen molar-refractivity contribution < 1.29 is 29.3 Å². The third-order valence-corrected chi connectivity index (χ3v) is 1.79. The van der Waals surface area contributed by atoms with Crippen molar-refractivity contribution in [1.29, 1.82) is 0 Å². The summed E-state index contributed by atoms with van der Waals surface area (Å²) in [7, 11) is 0.